The fourth-order valence-electron chi connectivity index (χ4n) is 5.27. The Kier molecular flexibility index (Phi) is 6.55. The highest BCUT2D eigenvalue weighted by Gasteiger charge is 2.45. The minimum absolute atomic E-state index is 0.182. The highest BCUT2D eigenvalue weighted by atomic mass is 16.1. The molecule has 0 aromatic carbocycles. The quantitative estimate of drug-likeness (QED) is 0.766. The van der Waals surface area contributed by atoms with Crippen molar-refractivity contribution in [2.24, 2.45) is 17.3 Å². The zero-order chi connectivity index (χ0) is 20.3. The molecule has 2 saturated heterocycles. The number of likely N-dealkylation sites (tertiary alicyclic amines) is 2. The number of carbonyl (C=O) groups is 1. The van der Waals surface area contributed by atoms with Crippen LogP contribution in [0.1, 0.15) is 57.9 Å². The lowest BCUT2D eigenvalue weighted by atomic mass is 9.91. The van der Waals surface area contributed by atoms with Crippen molar-refractivity contribution in [3.63, 3.8) is 0 Å². The molecule has 4 rings (SSSR count). The van der Waals surface area contributed by atoms with Crippen LogP contribution in [0.2, 0.25) is 0 Å². The van der Waals surface area contributed by atoms with Crippen molar-refractivity contribution in [1.29, 1.82) is 0 Å². The molecule has 1 aliphatic carbocycles. The highest BCUT2D eigenvalue weighted by Crippen LogP contribution is 2.51. The fourth-order valence-corrected chi connectivity index (χ4v) is 5.27. The Hall–Kier alpha value is -1.46. The summed E-state index contributed by atoms with van der Waals surface area (Å²) in [5.74, 6) is 1.15. The lowest BCUT2D eigenvalue weighted by molar-refractivity contribution is -0.127. The Bertz CT molecular complexity index is 665. The van der Waals surface area contributed by atoms with Crippen LogP contribution in [-0.2, 0) is 11.3 Å². The Morgan fingerprint density at radius 1 is 1.17 bits per heavy atom. The van der Waals surface area contributed by atoms with Crippen LogP contribution in [0.25, 0.3) is 0 Å². The van der Waals surface area contributed by atoms with Crippen molar-refractivity contribution < 1.29 is 4.79 Å². The van der Waals surface area contributed by atoms with Crippen molar-refractivity contribution in [3.8, 4) is 0 Å². The van der Waals surface area contributed by atoms with Gasteiger partial charge in [-0.25, -0.2) is 0 Å². The Morgan fingerprint density at radius 3 is 2.55 bits per heavy atom. The Labute approximate surface area is 176 Å². The number of pyridine rings is 1. The van der Waals surface area contributed by atoms with Gasteiger partial charge in [-0.2, -0.15) is 0 Å². The van der Waals surface area contributed by atoms with E-state index in [-0.39, 0.29) is 5.92 Å². The first-order chi connectivity index (χ1) is 14.1. The van der Waals surface area contributed by atoms with Gasteiger partial charge >= 0.3 is 0 Å². The molecule has 1 saturated carbocycles. The van der Waals surface area contributed by atoms with Crippen molar-refractivity contribution in [3.05, 3.63) is 30.1 Å². The summed E-state index contributed by atoms with van der Waals surface area (Å²) in [6.45, 7) is 10.9. The zero-order valence-electron chi connectivity index (χ0n) is 18.3. The molecule has 1 amide bonds. The predicted molar refractivity (Wildman–Crippen MR) is 116 cm³/mol. The highest BCUT2D eigenvalue weighted by molar-refractivity contribution is 5.79. The van der Waals surface area contributed by atoms with E-state index in [0.717, 1.165) is 52.1 Å². The van der Waals surface area contributed by atoms with Gasteiger partial charge in [-0.15, -0.1) is 0 Å². The SMILES string of the molecule is CC(C)C1(CNC(=O)[C@@H]2CCCN(C3CCN(Cc4ccncc4)CC3)C2)CC1. The van der Waals surface area contributed by atoms with E-state index in [2.05, 4.69) is 46.1 Å². The molecule has 3 fully saturated rings. The van der Waals surface area contributed by atoms with E-state index in [1.807, 2.05) is 12.4 Å². The van der Waals surface area contributed by atoms with Gasteiger partial charge < -0.3 is 5.32 Å². The third kappa shape index (κ3) is 5.18. The van der Waals surface area contributed by atoms with Crippen molar-refractivity contribution in [2.45, 2.75) is 65.0 Å². The van der Waals surface area contributed by atoms with Crippen molar-refractivity contribution in [2.75, 3.05) is 32.7 Å². The van der Waals surface area contributed by atoms with E-state index in [0.29, 0.717) is 23.3 Å². The number of nitrogens with zero attached hydrogens (tertiary/aromatic N) is 3. The molecule has 1 aromatic rings. The van der Waals surface area contributed by atoms with Crippen LogP contribution < -0.4 is 5.32 Å². The van der Waals surface area contributed by atoms with Gasteiger partial charge in [0.05, 0.1) is 5.92 Å². The summed E-state index contributed by atoms with van der Waals surface area (Å²) in [5, 5.41) is 3.32. The van der Waals surface area contributed by atoms with E-state index < -0.39 is 0 Å². The van der Waals surface area contributed by atoms with Gasteiger partial charge in [0.25, 0.3) is 0 Å². The maximum atomic E-state index is 12.8. The largest absolute Gasteiger partial charge is 0.355 e. The van der Waals surface area contributed by atoms with Crippen LogP contribution >= 0.6 is 0 Å². The summed E-state index contributed by atoms with van der Waals surface area (Å²) in [6, 6.07) is 4.88. The number of nitrogens with one attached hydrogen (secondary N) is 1. The van der Waals surface area contributed by atoms with Gasteiger partial charge in [-0.1, -0.05) is 13.8 Å². The first kappa shape index (κ1) is 20.8. The lowest BCUT2D eigenvalue weighted by Gasteiger charge is -2.42. The standard InChI is InChI=1S/C24H38N4O/c1-19(2)24(9-10-24)18-26-23(29)21-4-3-13-28(17-21)22-7-14-27(15-8-22)16-20-5-11-25-12-6-20/h5-6,11-12,19,21-22H,3-4,7-10,13-18H2,1-2H3,(H,26,29)/t21-/m1/s1. The van der Waals surface area contributed by atoms with Crippen LogP contribution in [-0.4, -0.2) is 59.5 Å². The smallest absolute Gasteiger partial charge is 0.224 e. The number of carbonyl (C=O) groups excluding carboxylic acids is 1. The van der Waals surface area contributed by atoms with E-state index in [1.165, 1.54) is 31.2 Å². The van der Waals surface area contributed by atoms with Gasteiger partial charge in [0.15, 0.2) is 0 Å². The molecule has 0 bridgehead atoms. The maximum Gasteiger partial charge on any atom is 0.224 e. The van der Waals surface area contributed by atoms with Gasteiger partial charge in [-0.3, -0.25) is 19.6 Å². The normalized spacial score (nSPS) is 25.8. The summed E-state index contributed by atoms with van der Waals surface area (Å²) >= 11 is 0. The van der Waals surface area contributed by atoms with Crippen LogP contribution in [0, 0.1) is 17.3 Å². The predicted octanol–water partition coefficient (Wildman–Crippen LogP) is 3.31. The minimum atomic E-state index is 0.182. The second-order valence-electron chi connectivity index (χ2n) is 9.93. The number of aromatic nitrogens is 1. The molecule has 3 aliphatic rings. The molecular formula is C24H38N4O. The topological polar surface area (TPSA) is 48.5 Å². The van der Waals surface area contributed by atoms with E-state index in [1.54, 1.807) is 0 Å². The molecule has 5 heteroatoms. The molecule has 0 radical (unpaired) electrons. The summed E-state index contributed by atoms with van der Waals surface area (Å²) < 4.78 is 0. The van der Waals surface area contributed by atoms with Gasteiger partial charge in [0, 0.05) is 38.1 Å². The minimum Gasteiger partial charge on any atom is -0.355 e. The first-order valence-electron chi connectivity index (χ1n) is 11.7. The Balaban J connectivity index is 1.22. The second-order valence-corrected chi connectivity index (χ2v) is 9.93. The molecule has 160 valence electrons. The first-order valence-corrected chi connectivity index (χ1v) is 11.7. The summed E-state index contributed by atoms with van der Waals surface area (Å²) in [7, 11) is 0. The summed E-state index contributed by atoms with van der Waals surface area (Å²) in [5.41, 5.74) is 1.74. The van der Waals surface area contributed by atoms with E-state index in [9.17, 15) is 4.79 Å². The van der Waals surface area contributed by atoms with Crippen LogP contribution in [0.15, 0.2) is 24.5 Å². The second kappa shape index (κ2) is 9.13. The number of hydrogen-bond donors (Lipinski definition) is 1. The van der Waals surface area contributed by atoms with Crippen molar-refractivity contribution in [1.82, 2.24) is 20.1 Å². The number of hydrogen-bond acceptors (Lipinski definition) is 4. The van der Waals surface area contributed by atoms with Crippen LogP contribution in [0.3, 0.4) is 0 Å². The average molecular weight is 399 g/mol. The molecule has 0 spiro atoms. The van der Waals surface area contributed by atoms with Crippen LogP contribution in [0.4, 0.5) is 0 Å². The molecule has 5 nitrogen and oxygen atoms in total. The van der Waals surface area contributed by atoms with Crippen LogP contribution in [0.5, 0.6) is 0 Å². The van der Waals surface area contributed by atoms with Gasteiger partial charge in [0.1, 0.15) is 0 Å². The summed E-state index contributed by atoms with van der Waals surface area (Å²) in [4.78, 5) is 22.1. The van der Waals surface area contributed by atoms with E-state index in [4.69, 9.17) is 0 Å². The Morgan fingerprint density at radius 2 is 1.90 bits per heavy atom. The molecule has 1 atom stereocenters. The third-order valence-electron chi connectivity index (χ3n) is 7.78. The summed E-state index contributed by atoms with van der Waals surface area (Å²) in [6.07, 6.45) is 11.0. The third-order valence-corrected chi connectivity index (χ3v) is 7.78. The molecule has 0 unspecified atom stereocenters. The van der Waals surface area contributed by atoms with E-state index >= 15 is 0 Å². The zero-order valence-corrected chi connectivity index (χ0v) is 18.3. The molecule has 3 heterocycles. The monoisotopic (exact) mass is 398 g/mol. The number of rotatable bonds is 7. The van der Waals surface area contributed by atoms with Gasteiger partial charge in [0.2, 0.25) is 5.91 Å². The van der Waals surface area contributed by atoms with Crippen molar-refractivity contribution >= 4 is 5.91 Å². The molecular weight excluding hydrogens is 360 g/mol. The lowest BCUT2D eigenvalue weighted by Crippen LogP contribution is -2.51. The number of amides is 1. The molecule has 1 aromatic heterocycles. The fraction of sp³-hybridized carbons (Fsp3) is 0.750. The average Bonchev–Trinajstić information content (AvgIpc) is 3.55. The number of piperidine rings is 2. The molecule has 29 heavy (non-hydrogen) atoms. The van der Waals surface area contributed by atoms with Gasteiger partial charge in [-0.05, 0) is 87.2 Å². The maximum absolute atomic E-state index is 12.8. The molecule has 2 aliphatic heterocycles. The molecule has 1 N–H and O–H groups in total.